The van der Waals surface area contributed by atoms with Gasteiger partial charge in [0, 0.05) is 11.0 Å². The number of thioether (sulfide) groups is 1. The van der Waals surface area contributed by atoms with Gasteiger partial charge < -0.3 is 4.74 Å². The van der Waals surface area contributed by atoms with E-state index in [1.54, 1.807) is 11.8 Å². The molecule has 0 spiro atoms. The summed E-state index contributed by atoms with van der Waals surface area (Å²) in [6.07, 6.45) is 17.7. The maximum Gasteiger partial charge on any atom is 0.330 e. The molecule has 0 saturated carbocycles. The summed E-state index contributed by atoms with van der Waals surface area (Å²) in [7, 11) is 1.37. The van der Waals surface area contributed by atoms with Gasteiger partial charge in [0.25, 0.3) is 0 Å². The highest BCUT2D eigenvalue weighted by molar-refractivity contribution is 8.00. The number of methoxy groups -OCH3 is 1. The van der Waals surface area contributed by atoms with E-state index >= 15 is 0 Å². The Hall–Kier alpha value is -3.66. The molecular weight excluding hydrogens is 424 g/mol. The molecule has 1 atom stereocenters. The molecule has 2 aromatic carbocycles. The van der Waals surface area contributed by atoms with Crippen molar-refractivity contribution in [2.75, 3.05) is 7.11 Å². The molecule has 0 aliphatic heterocycles. The van der Waals surface area contributed by atoms with Crippen LogP contribution in [0, 0.1) is 23.7 Å². The number of ether oxygens (including phenoxy) is 1. The van der Waals surface area contributed by atoms with Gasteiger partial charge in [-0.25, -0.2) is 4.79 Å². The number of carbonyl (C=O) groups excluding carboxylic acids is 1. The Morgan fingerprint density at radius 3 is 2.48 bits per heavy atom. The van der Waals surface area contributed by atoms with Gasteiger partial charge in [0.1, 0.15) is 0 Å². The van der Waals surface area contributed by atoms with Gasteiger partial charge in [-0.1, -0.05) is 96.8 Å². The van der Waals surface area contributed by atoms with E-state index in [1.165, 1.54) is 18.7 Å². The van der Waals surface area contributed by atoms with Crippen LogP contribution in [0.5, 0.6) is 0 Å². The minimum atomic E-state index is -0.340. The lowest BCUT2D eigenvalue weighted by Gasteiger charge is -2.08. The summed E-state index contributed by atoms with van der Waals surface area (Å²) in [5.74, 6) is 11.7. The number of benzene rings is 2. The Morgan fingerprint density at radius 2 is 1.73 bits per heavy atom. The number of hydrogen-bond donors (Lipinski definition) is 0. The van der Waals surface area contributed by atoms with Crippen molar-refractivity contribution >= 4 is 23.8 Å². The minimum absolute atomic E-state index is 0.0901. The van der Waals surface area contributed by atoms with E-state index in [-0.39, 0.29) is 11.2 Å². The first-order valence-corrected chi connectivity index (χ1v) is 11.7. The monoisotopic (exact) mass is 452 g/mol. The predicted molar refractivity (Wildman–Crippen MR) is 140 cm³/mol. The van der Waals surface area contributed by atoms with E-state index in [0.717, 1.165) is 24.2 Å². The molecule has 1 unspecified atom stereocenters. The Kier molecular flexibility index (Phi) is 13.2. The summed E-state index contributed by atoms with van der Waals surface area (Å²) in [6, 6.07) is 20.4. The van der Waals surface area contributed by atoms with Crippen molar-refractivity contribution in [2.45, 2.75) is 29.4 Å². The highest BCUT2D eigenvalue weighted by Gasteiger charge is 2.06. The summed E-state index contributed by atoms with van der Waals surface area (Å²) in [5.41, 5.74) is 1.19. The molecule has 2 nitrogen and oxygen atoms in total. The summed E-state index contributed by atoms with van der Waals surface area (Å²) in [4.78, 5) is 12.4. The first kappa shape index (κ1) is 25.6. The lowest BCUT2D eigenvalue weighted by Crippen LogP contribution is -1.99. The maximum absolute atomic E-state index is 11.2. The fourth-order valence-corrected chi connectivity index (χ4v) is 3.62. The highest BCUT2D eigenvalue weighted by atomic mass is 32.2. The van der Waals surface area contributed by atoms with Gasteiger partial charge in [-0.2, -0.15) is 0 Å². The lowest BCUT2D eigenvalue weighted by molar-refractivity contribution is -0.134. The van der Waals surface area contributed by atoms with E-state index in [2.05, 4.69) is 64.8 Å². The quantitative estimate of drug-likeness (QED) is 0.129. The SMILES string of the molecule is COC(=O)/C=C/CCC(C#CC#C/C=C/C/C=C/C=C/c1ccccc1)Sc1ccccc1. The van der Waals surface area contributed by atoms with E-state index < -0.39 is 0 Å². The van der Waals surface area contributed by atoms with Crippen LogP contribution >= 0.6 is 11.8 Å². The summed E-state index contributed by atoms with van der Waals surface area (Å²) < 4.78 is 4.62. The van der Waals surface area contributed by atoms with Crippen molar-refractivity contribution in [3.05, 3.63) is 109 Å². The molecule has 0 fully saturated rings. The first-order chi connectivity index (χ1) is 16.3. The summed E-state index contributed by atoms with van der Waals surface area (Å²) in [6.45, 7) is 0. The highest BCUT2D eigenvalue weighted by Crippen LogP contribution is 2.25. The molecule has 0 N–H and O–H groups in total. The molecule has 2 aromatic rings. The molecule has 0 bridgehead atoms. The van der Waals surface area contributed by atoms with Gasteiger partial charge in [-0.15, -0.1) is 11.8 Å². The second-order valence-electron chi connectivity index (χ2n) is 6.80. The zero-order valence-corrected chi connectivity index (χ0v) is 19.6. The molecule has 0 aliphatic rings. The minimum Gasteiger partial charge on any atom is -0.466 e. The molecule has 0 aliphatic carbocycles. The molecule has 33 heavy (non-hydrogen) atoms. The van der Waals surface area contributed by atoms with E-state index in [9.17, 15) is 4.79 Å². The van der Waals surface area contributed by atoms with Crippen LogP contribution in [0.15, 0.2) is 108 Å². The fourth-order valence-electron chi connectivity index (χ4n) is 2.61. The van der Waals surface area contributed by atoms with E-state index in [4.69, 9.17) is 0 Å². The van der Waals surface area contributed by atoms with Crippen molar-refractivity contribution < 1.29 is 9.53 Å². The van der Waals surface area contributed by atoms with Crippen LogP contribution in [-0.2, 0) is 9.53 Å². The van der Waals surface area contributed by atoms with Gasteiger partial charge >= 0.3 is 5.97 Å². The van der Waals surface area contributed by atoms with E-state index in [1.807, 2.05) is 66.8 Å². The van der Waals surface area contributed by atoms with Gasteiger partial charge in [-0.05, 0) is 54.9 Å². The number of esters is 1. The number of rotatable bonds is 10. The number of hydrogen-bond acceptors (Lipinski definition) is 3. The number of carbonyl (C=O) groups is 1. The third-order valence-electron chi connectivity index (χ3n) is 4.25. The van der Waals surface area contributed by atoms with Crippen molar-refractivity contribution in [1.82, 2.24) is 0 Å². The molecule has 0 aromatic heterocycles. The van der Waals surface area contributed by atoms with Gasteiger partial charge in [0.15, 0.2) is 0 Å². The molecule has 166 valence electrons. The van der Waals surface area contributed by atoms with Crippen molar-refractivity contribution in [3.8, 4) is 23.7 Å². The Balaban J connectivity index is 1.82. The van der Waals surface area contributed by atoms with Crippen LogP contribution < -0.4 is 0 Å². The third-order valence-corrected chi connectivity index (χ3v) is 5.43. The zero-order chi connectivity index (χ0) is 23.4. The van der Waals surface area contributed by atoms with Crippen LogP contribution in [0.4, 0.5) is 0 Å². The Labute approximate surface area is 202 Å². The summed E-state index contributed by atoms with van der Waals surface area (Å²) >= 11 is 1.71. The van der Waals surface area contributed by atoms with Crippen molar-refractivity contribution in [3.63, 3.8) is 0 Å². The predicted octanol–water partition coefficient (Wildman–Crippen LogP) is 6.88. The van der Waals surface area contributed by atoms with Crippen LogP contribution in [0.2, 0.25) is 0 Å². The van der Waals surface area contributed by atoms with Crippen molar-refractivity contribution in [2.24, 2.45) is 0 Å². The standard InChI is InChI=1S/C30H28O2S/c1-32-30(31)26-18-17-25-29(33-28-23-15-10-16-24-28)22-14-8-6-4-2-3-5-7-11-19-27-20-12-9-13-21-27/h2,4-5,7,9-13,15-16,18-21,23-24,26,29H,3,17,25H2,1H3/b4-2+,7-5+,19-11+,26-18+. The van der Waals surface area contributed by atoms with Gasteiger partial charge in [0.05, 0.1) is 12.4 Å². The molecule has 0 heterocycles. The largest absolute Gasteiger partial charge is 0.466 e. The first-order valence-electron chi connectivity index (χ1n) is 10.8. The fraction of sp³-hybridized carbons (Fsp3) is 0.167. The maximum atomic E-state index is 11.2. The van der Waals surface area contributed by atoms with Gasteiger partial charge in [-0.3, -0.25) is 0 Å². The molecule has 0 radical (unpaired) electrons. The number of allylic oxidation sites excluding steroid dienone is 6. The van der Waals surface area contributed by atoms with Crippen LogP contribution in [0.1, 0.15) is 24.8 Å². The smallest absolute Gasteiger partial charge is 0.330 e. The molecule has 3 heteroatoms. The van der Waals surface area contributed by atoms with Crippen LogP contribution in [0.3, 0.4) is 0 Å². The topological polar surface area (TPSA) is 26.3 Å². The Bertz CT molecular complexity index is 1070. The molecule has 2 rings (SSSR count). The lowest BCUT2D eigenvalue weighted by atomic mass is 10.2. The van der Waals surface area contributed by atoms with Crippen molar-refractivity contribution in [1.29, 1.82) is 0 Å². The second kappa shape index (κ2) is 17.0. The van der Waals surface area contributed by atoms with E-state index in [0.29, 0.717) is 0 Å². The molecule has 0 saturated heterocycles. The zero-order valence-electron chi connectivity index (χ0n) is 18.8. The average Bonchev–Trinajstić information content (AvgIpc) is 2.86. The Morgan fingerprint density at radius 1 is 0.970 bits per heavy atom. The normalized spacial score (nSPS) is 11.9. The second-order valence-corrected chi connectivity index (χ2v) is 8.07. The molecule has 0 amide bonds. The summed E-state index contributed by atoms with van der Waals surface area (Å²) in [5, 5.41) is 0.0901. The third kappa shape index (κ3) is 12.7. The van der Waals surface area contributed by atoms with Crippen LogP contribution in [-0.4, -0.2) is 18.3 Å². The average molecular weight is 453 g/mol. The molecular formula is C30H28O2S. The van der Waals surface area contributed by atoms with Crippen LogP contribution in [0.25, 0.3) is 6.08 Å². The van der Waals surface area contributed by atoms with Gasteiger partial charge in [0.2, 0.25) is 0 Å².